The number of benzene rings is 1. The van der Waals surface area contributed by atoms with Gasteiger partial charge >= 0.3 is 0 Å². The molecule has 5 rings (SSSR count). The Morgan fingerprint density at radius 2 is 2.03 bits per heavy atom. The average Bonchev–Trinajstić information content (AvgIpc) is 3.50. The van der Waals surface area contributed by atoms with Gasteiger partial charge in [-0.2, -0.15) is 0 Å². The third-order valence-electron chi connectivity index (χ3n) is 6.34. The van der Waals surface area contributed by atoms with Crippen molar-refractivity contribution in [3.8, 4) is 5.75 Å². The predicted molar refractivity (Wildman–Crippen MR) is 120 cm³/mol. The first-order chi connectivity index (χ1) is 14.3. The molecule has 29 heavy (non-hydrogen) atoms. The summed E-state index contributed by atoms with van der Waals surface area (Å²) in [5.41, 5.74) is 3.51. The summed E-state index contributed by atoms with van der Waals surface area (Å²) in [6, 6.07) is 13.5. The third-order valence-corrected chi connectivity index (χ3v) is 7.46. The van der Waals surface area contributed by atoms with E-state index in [0.29, 0.717) is 6.04 Å². The molecule has 1 aromatic heterocycles. The Bertz CT molecular complexity index is 897. The van der Waals surface area contributed by atoms with Crippen molar-refractivity contribution in [2.24, 2.45) is 4.99 Å². The Morgan fingerprint density at radius 1 is 1.17 bits per heavy atom. The Hall–Kier alpha value is -2.21. The molecule has 2 aromatic rings. The lowest BCUT2D eigenvalue weighted by Crippen LogP contribution is -2.35. The van der Waals surface area contributed by atoms with Crippen LogP contribution < -0.4 is 9.64 Å². The summed E-state index contributed by atoms with van der Waals surface area (Å²) in [4.78, 5) is 14.8. The number of aliphatic imine (C=N–C) groups is 1. The Morgan fingerprint density at radius 3 is 2.76 bits per heavy atom. The Balaban J connectivity index is 1.57. The van der Waals surface area contributed by atoms with Crippen LogP contribution in [0.3, 0.4) is 0 Å². The number of anilines is 1. The molecule has 4 heterocycles. The molecule has 3 aliphatic heterocycles. The molecule has 152 valence electrons. The van der Waals surface area contributed by atoms with E-state index in [1.165, 1.54) is 24.1 Å². The number of pyridine rings is 1. The second-order valence-electron chi connectivity index (χ2n) is 7.96. The highest BCUT2D eigenvalue weighted by molar-refractivity contribution is 8.14. The van der Waals surface area contributed by atoms with Gasteiger partial charge in [0.25, 0.3) is 0 Å². The van der Waals surface area contributed by atoms with Crippen LogP contribution in [0.4, 0.5) is 5.69 Å². The van der Waals surface area contributed by atoms with Crippen LogP contribution in [0.1, 0.15) is 49.5 Å². The summed E-state index contributed by atoms with van der Waals surface area (Å²) >= 11 is 1.88. The molecule has 0 aliphatic carbocycles. The normalized spacial score (nSPS) is 26.0. The summed E-state index contributed by atoms with van der Waals surface area (Å²) in [7, 11) is 1.79. The Kier molecular flexibility index (Phi) is 5.12. The van der Waals surface area contributed by atoms with Gasteiger partial charge in [-0.1, -0.05) is 30.8 Å². The maximum atomic E-state index is 5.93. The number of hydrogen-bond acceptors (Lipinski definition) is 6. The zero-order valence-corrected chi connectivity index (χ0v) is 17.9. The van der Waals surface area contributed by atoms with Crippen molar-refractivity contribution in [2.45, 2.75) is 44.3 Å². The number of hydrogen-bond donors (Lipinski definition) is 0. The second-order valence-corrected chi connectivity index (χ2v) is 8.94. The molecule has 5 nitrogen and oxygen atoms in total. The number of methoxy groups -OCH3 is 1. The molecule has 0 unspecified atom stereocenters. The summed E-state index contributed by atoms with van der Waals surface area (Å²) in [5.74, 6) is 2.07. The van der Waals surface area contributed by atoms with Gasteiger partial charge in [-0.3, -0.25) is 9.98 Å². The van der Waals surface area contributed by atoms with Crippen molar-refractivity contribution >= 4 is 22.6 Å². The SMILES string of the molecule is CC[C@H]1CSC2=N[C@@H](c3ccccn3)[C@@H](c3ccc(N4CCCC4)cc3OC)N21. The van der Waals surface area contributed by atoms with E-state index in [9.17, 15) is 0 Å². The van der Waals surface area contributed by atoms with Gasteiger partial charge in [0, 0.05) is 48.4 Å². The van der Waals surface area contributed by atoms with Crippen molar-refractivity contribution in [1.82, 2.24) is 9.88 Å². The van der Waals surface area contributed by atoms with Gasteiger partial charge in [-0.15, -0.1) is 0 Å². The van der Waals surface area contributed by atoms with Gasteiger partial charge in [0.15, 0.2) is 5.17 Å². The molecule has 2 fully saturated rings. The standard InChI is InChI=1S/C23H28N4OS/c1-3-16-15-29-23-25-21(19-8-4-5-11-24-19)22(27(16)23)18-10-9-17(14-20(18)28-2)26-12-6-7-13-26/h4-5,8-11,14,16,21-22H,3,6-7,12-13,15H2,1-2H3/t16-,21-,22+/m0/s1. The van der Waals surface area contributed by atoms with E-state index in [-0.39, 0.29) is 12.1 Å². The van der Waals surface area contributed by atoms with Crippen LogP contribution in [0.5, 0.6) is 5.75 Å². The van der Waals surface area contributed by atoms with Crippen molar-refractivity contribution in [3.63, 3.8) is 0 Å². The zero-order valence-electron chi connectivity index (χ0n) is 17.1. The highest BCUT2D eigenvalue weighted by Crippen LogP contribution is 2.50. The minimum Gasteiger partial charge on any atom is -0.496 e. The average molecular weight is 409 g/mol. The highest BCUT2D eigenvalue weighted by atomic mass is 32.2. The number of aromatic nitrogens is 1. The third kappa shape index (κ3) is 3.27. The molecule has 0 radical (unpaired) electrons. The van der Waals surface area contributed by atoms with Gasteiger partial charge in [-0.05, 0) is 37.5 Å². The summed E-state index contributed by atoms with van der Waals surface area (Å²) in [6.45, 7) is 4.54. The monoisotopic (exact) mass is 408 g/mol. The number of rotatable bonds is 5. The van der Waals surface area contributed by atoms with Crippen LogP contribution in [-0.4, -0.2) is 47.0 Å². The lowest BCUT2D eigenvalue weighted by molar-refractivity contribution is 0.249. The molecular formula is C23H28N4OS. The smallest absolute Gasteiger partial charge is 0.160 e. The predicted octanol–water partition coefficient (Wildman–Crippen LogP) is 4.67. The Labute approximate surface area is 177 Å². The number of amidine groups is 1. The molecule has 3 atom stereocenters. The molecule has 0 bridgehead atoms. The fourth-order valence-corrected chi connectivity index (χ4v) is 6.14. The molecule has 6 heteroatoms. The van der Waals surface area contributed by atoms with Crippen molar-refractivity contribution < 1.29 is 4.74 Å². The zero-order chi connectivity index (χ0) is 19.8. The van der Waals surface area contributed by atoms with Crippen LogP contribution in [0.15, 0.2) is 47.6 Å². The summed E-state index contributed by atoms with van der Waals surface area (Å²) in [5, 5.41) is 1.16. The van der Waals surface area contributed by atoms with Crippen molar-refractivity contribution in [2.75, 3.05) is 30.9 Å². The number of nitrogens with zero attached hydrogens (tertiary/aromatic N) is 4. The first-order valence-electron chi connectivity index (χ1n) is 10.6. The van der Waals surface area contributed by atoms with E-state index in [1.807, 2.05) is 24.0 Å². The highest BCUT2D eigenvalue weighted by Gasteiger charge is 2.46. The number of ether oxygens (including phenoxy) is 1. The summed E-state index contributed by atoms with van der Waals surface area (Å²) in [6.07, 6.45) is 5.53. The lowest BCUT2D eigenvalue weighted by atomic mass is 9.94. The molecule has 0 N–H and O–H groups in total. The van der Waals surface area contributed by atoms with Gasteiger partial charge < -0.3 is 14.5 Å². The van der Waals surface area contributed by atoms with E-state index in [2.05, 4.69) is 52.0 Å². The van der Waals surface area contributed by atoms with Crippen LogP contribution >= 0.6 is 11.8 Å². The van der Waals surface area contributed by atoms with E-state index >= 15 is 0 Å². The van der Waals surface area contributed by atoms with Crippen molar-refractivity contribution in [1.29, 1.82) is 0 Å². The fourth-order valence-electron chi connectivity index (χ4n) is 4.80. The minimum atomic E-state index is -0.000383. The molecule has 2 saturated heterocycles. The van der Waals surface area contributed by atoms with Gasteiger partial charge in [0.1, 0.15) is 11.8 Å². The number of fused-ring (bicyclic) bond motifs is 1. The van der Waals surface area contributed by atoms with Crippen molar-refractivity contribution in [3.05, 3.63) is 53.9 Å². The van der Waals surface area contributed by atoms with Crippen LogP contribution in [0, 0.1) is 0 Å². The van der Waals surface area contributed by atoms with E-state index in [0.717, 1.165) is 41.9 Å². The van der Waals surface area contributed by atoms with Gasteiger partial charge in [-0.25, -0.2) is 0 Å². The van der Waals surface area contributed by atoms with Crippen LogP contribution in [0.25, 0.3) is 0 Å². The molecule has 0 spiro atoms. The second kappa shape index (κ2) is 7.90. The lowest BCUT2D eigenvalue weighted by Gasteiger charge is -2.33. The largest absolute Gasteiger partial charge is 0.496 e. The van der Waals surface area contributed by atoms with E-state index < -0.39 is 0 Å². The van der Waals surface area contributed by atoms with Crippen LogP contribution in [-0.2, 0) is 0 Å². The quantitative estimate of drug-likeness (QED) is 0.719. The summed E-state index contributed by atoms with van der Waals surface area (Å²) < 4.78 is 5.93. The van der Waals surface area contributed by atoms with E-state index in [1.54, 1.807) is 7.11 Å². The maximum absolute atomic E-state index is 5.93. The first-order valence-corrected chi connectivity index (χ1v) is 11.6. The topological polar surface area (TPSA) is 41.0 Å². The molecular weight excluding hydrogens is 380 g/mol. The fraction of sp³-hybridized carbons (Fsp3) is 0.478. The maximum Gasteiger partial charge on any atom is 0.160 e. The number of thioether (sulfide) groups is 1. The molecule has 1 aromatic carbocycles. The molecule has 3 aliphatic rings. The molecule has 0 saturated carbocycles. The first kappa shape index (κ1) is 18.8. The minimum absolute atomic E-state index is 0.000383. The molecule has 0 amide bonds. The van der Waals surface area contributed by atoms with Crippen LogP contribution in [0.2, 0.25) is 0 Å². The van der Waals surface area contributed by atoms with Gasteiger partial charge in [0.05, 0.1) is 18.8 Å². The van der Waals surface area contributed by atoms with Gasteiger partial charge in [0.2, 0.25) is 0 Å². The van der Waals surface area contributed by atoms with E-state index in [4.69, 9.17) is 9.73 Å².